The molecule has 1 unspecified atom stereocenters. The van der Waals surface area contributed by atoms with Crippen molar-refractivity contribution in [3.63, 3.8) is 0 Å². The maximum atomic E-state index is 5.95. The van der Waals surface area contributed by atoms with Crippen molar-refractivity contribution < 1.29 is 4.74 Å². The highest BCUT2D eigenvalue weighted by atomic mass is 16.5. The first-order valence-electron chi connectivity index (χ1n) is 5.94. The Morgan fingerprint density at radius 1 is 1.43 bits per heavy atom. The van der Waals surface area contributed by atoms with Crippen LogP contribution in [0.4, 0.5) is 0 Å². The predicted octanol–water partition coefficient (Wildman–Crippen LogP) is 2.72. The highest BCUT2D eigenvalue weighted by Gasteiger charge is 2.21. The van der Waals surface area contributed by atoms with E-state index in [0.717, 1.165) is 25.4 Å². The van der Waals surface area contributed by atoms with Crippen LogP contribution in [0, 0.1) is 0 Å². The van der Waals surface area contributed by atoms with E-state index < -0.39 is 0 Å². The van der Waals surface area contributed by atoms with E-state index in [-0.39, 0.29) is 5.60 Å². The summed E-state index contributed by atoms with van der Waals surface area (Å²) in [4.78, 5) is 0. The number of hydrogen-bond donors (Lipinski definition) is 1. The maximum absolute atomic E-state index is 5.95. The minimum Gasteiger partial charge on any atom is -0.373 e. The van der Waals surface area contributed by atoms with Crippen LogP contribution in [0.1, 0.15) is 53.4 Å². The summed E-state index contributed by atoms with van der Waals surface area (Å²) in [6, 6.07) is 0.821. The Morgan fingerprint density at radius 2 is 2.07 bits per heavy atom. The third-order valence-electron chi connectivity index (χ3n) is 2.93. The van der Waals surface area contributed by atoms with Crippen LogP contribution in [0.3, 0.4) is 0 Å². The van der Waals surface area contributed by atoms with Crippen LogP contribution in [0.25, 0.3) is 0 Å². The summed E-state index contributed by atoms with van der Waals surface area (Å²) in [5, 5.41) is 3.51. The van der Waals surface area contributed by atoms with Gasteiger partial charge in [0.25, 0.3) is 0 Å². The Hall–Kier alpha value is -0.0800. The molecule has 0 radical (unpaired) electrons. The molecule has 1 aliphatic carbocycles. The minimum atomic E-state index is 0.0407. The molecule has 1 rings (SSSR count). The third-order valence-corrected chi connectivity index (χ3v) is 2.93. The molecule has 1 aliphatic rings. The molecule has 1 N–H and O–H groups in total. The van der Waals surface area contributed by atoms with Crippen molar-refractivity contribution in [1.29, 1.82) is 0 Å². The second-order valence-electron chi connectivity index (χ2n) is 5.06. The molecule has 2 heteroatoms. The summed E-state index contributed by atoms with van der Waals surface area (Å²) in [5.41, 5.74) is 0.0407. The monoisotopic (exact) mass is 199 g/mol. The van der Waals surface area contributed by atoms with Gasteiger partial charge in [-0.1, -0.05) is 6.92 Å². The first-order valence-corrected chi connectivity index (χ1v) is 5.94. The topological polar surface area (TPSA) is 21.3 Å². The molecule has 0 aromatic carbocycles. The molecular formula is C12H25NO. The molecule has 0 aromatic rings. The fourth-order valence-corrected chi connectivity index (χ4v) is 1.47. The highest BCUT2D eigenvalue weighted by molar-refractivity contribution is 4.81. The van der Waals surface area contributed by atoms with Crippen LogP contribution in [-0.2, 0) is 4.74 Å². The second-order valence-corrected chi connectivity index (χ2v) is 5.06. The van der Waals surface area contributed by atoms with Crippen LogP contribution >= 0.6 is 0 Å². The zero-order valence-corrected chi connectivity index (χ0v) is 10.1. The van der Waals surface area contributed by atoms with Gasteiger partial charge in [0, 0.05) is 6.04 Å². The van der Waals surface area contributed by atoms with Gasteiger partial charge in [-0.2, -0.15) is 0 Å². The lowest BCUT2D eigenvalue weighted by Gasteiger charge is -2.28. The van der Waals surface area contributed by atoms with Crippen molar-refractivity contribution in [2.75, 3.05) is 6.54 Å². The third kappa shape index (κ3) is 4.97. The van der Waals surface area contributed by atoms with Gasteiger partial charge >= 0.3 is 0 Å². The van der Waals surface area contributed by atoms with E-state index in [1.807, 2.05) is 0 Å². The van der Waals surface area contributed by atoms with Crippen LogP contribution in [0.2, 0.25) is 0 Å². The SMILES string of the molecule is CCC(C)(C)OC(C)CCNC1CC1. The molecule has 1 saturated carbocycles. The average molecular weight is 199 g/mol. The first kappa shape index (κ1) is 12.0. The Labute approximate surface area is 88.4 Å². The molecule has 14 heavy (non-hydrogen) atoms. The lowest BCUT2D eigenvalue weighted by atomic mass is 10.1. The second kappa shape index (κ2) is 5.13. The molecule has 1 atom stereocenters. The number of ether oxygens (including phenoxy) is 1. The van der Waals surface area contributed by atoms with E-state index in [9.17, 15) is 0 Å². The lowest BCUT2D eigenvalue weighted by Crippen LogP contribution is -2.30. The predicted molar refractivity (Wildman–Crippen MR) is 60.6 cm³/mol. The summed E-state index contributed by atoms with van der Waals surface area (Å²) < 4.78 is 5.95. The van der Waals surface area contributed by atoms with Gasteiger partial charge in [-0.25, -0.2) is 0 Å². The van der Waals surface area contributed by atoms with Gasteiger partial charge in [-0.05, 0) is 53.0 Å². The van der Waals surface area contributed by atoms with Gasteiger partial charge in [0.2, 0.25) is 0 Å². The van der Waals surface area contributed by atoms with Crippen molar-refractivity contribution in [1.82, 2.24) is 5.32 Å². The smallest absolute Gasteiger partial charge is 0.0627 e. The molecule has 0 amide bonds. The summed E-state index contributed by atoms with van der Waals surface area (Å²) in [6.45, 7) is 9.78. The fourth-order valence-electron chi connectivity index (χ4n) is 1.47. The van der Waals surface area contributed by atoms with E-state index in [1.54, 1.807) is 0 Å². The van der Waals surface area contributed by atoms with Crippen LogP contribution in [-0.4, -0.2) is 24.3 Å². The average Bonchev–Trinajstić information content (AvgIpc) is 2.87. The molecule has 0 heterocycles. The summed E-state index contributed by atoms with van der Waals surface area (Å²) >= 11 is 0. The number of rotatable bonds is 7. The summed E-state index contributed by atoms with van der Waals surface area (Å²) in [6.07, 6.45) is 5.31. The molecule has 0 spiro atoms. The van der Waals surface area contributed by atoms with E-state index in [1.165, 1.54) is 12.8 Å². The quantitative estimate of drug-likeness (QED) is 0.680. The van der Waals surface area contributed by atoms with Gasteiger partial charge in [0.15, 0.2) is 0 Å². The minimum absolute atomic E-state index is 0.0407. The van der Waals surface area contributed by atoms with Crippen molar-refractivity contribution in [3.05, 3.63) is 0 Å². The standard InChI is InChI=1S/C12H25NO/c1-5-12(3,4)14-10(2)8-9-13-11-6-7-11/h10-11,13H,5-9H2,1-4H3. The van der Waals surface area contributed by atoms with Gasteiger partial charge in [0.1, 0.15) is 0 Å². The molecule has 1 fully saturated rings. The van der Waals surface area contributed by atoms with E-state index in [2.05, 4.69) is 33.0 Å². The normalized spacial score (nSPS) is 19.7. The van der Waals surface area contributed by atoms with Gasteiger partial charge < -0.3 is 10.1 Å². The fraction of sp³-hybridized carbons (Fsp3) is 1.00. The van der Waals surface area contributed by atoms with Gasteiger partial charge in [-0.15, -0.1) is 0 Å². The Bertz CT molecular complexity index is 164. The molecule has 0 saturated heterocycles. The largest absolute Gasteiger partial charge is 0.373 e. The number of hydrogen-bond acceptors (Lipinski definition) is 2. The van der Waals surface area contributed by atoms with Crippen molar-refractivity contribution in [2.24, 2.45) is 0 Å². The van der Waals surface area contributed by atoms with Crippen LogP contribution in [0.5, 0.6) is 0 Å². The molecular weight excluding hydrogens is 174 g/mol. The molecule has 0 aromatic heterocycles. The zero-order chi connectivity index (χ0) is 10.6. The summed E-state index contributed by atoms with van der Waals surface area (Å²) in [5.74, 6) is 0. The van der Waals surface area contributed by atoms with E-state index in [0.29, 0.717) is 6.10 Å². The lowest BCUT2D eigenvalue weighted by molar-refractivity contribution is -0.0678. The Kier molecular flexibility index (Phi) is 4.39. The van der Waals surface area contributed by atoms with Crippen molar-refractivity contribution in [3.8, 4) is 0 Å². The van der Waals surface area contributed by atoms with E-state index in [4.69, 9.17) is 4.74 Å². The van der Waals surface area contributed by atoms with Gasteiger partial charge in [-0.3, -0.25) is 0 Å². The molecule has 0 aliphatic heterocycles. The molecule has 84 valence electrons. The van der Waals surface area contributed by atoms with Crippen molar-refractivity contribution in [2.45, 2.75) is 71.1 Å². The Morgan fingerprint density at radius 3 is 2.57 bits per heavy atom. The van der Waals surface area contributed by atoms with Crippen LogP contribution in [0.15, 0.2) is 0 Å². The zero-order valence-electron chi connectivity index (χ0n) is 10.1. The molecule has 0 bridgehead atoms. The highest BCUT2D eigenvalue weighted by Crippen LogP contribution is 2.20. The summed E-state index contributed by atoms with van der Waals surface area (Å²) in [7, 11) is 0. The van der Waals surface area contributed by atoms with Crippen LogP contribution < -0.4 is 5.32 Å². The van der Waals surface area contributed by atoms with Gasteiger partial charge in [0.05, 0.1) is 11.7 Å². The van der Waals surface area contributed by atoms with E-state index >= 15 is 0 Å². The maximum Gasteiger partial charge on any atom is 0.0627 e. The molecule has 2 nitrogen and oxygen atoms in total. The van der Waals surface area contributed by atoms with Crippen molar-refractivity contribution >= 4 is 0 Å². The first-order chi connectivity index (χ1) is 6.53. The number of nitrogens with one attached hydrogen (secondary N) is 1. The Balaban J connectivity index is 2.04.